The molecule has 10 N–H and O–H groups in total. The molecule has 8 aliphatic rings. The standard InChI is InChI=1S/C23H26N2O4S.C20H20Cl2N2O4S.C20H23ClN2O2.C19H21ClN2O2.C18H18Cl2N2O2/c26-22-12-5-16(24-22)13-20(21-11-10-19(14-1-2-14)23(27)25-21)15-3-6-17(7-4-15)30(28,29)18-8-9-18;21-15-5-6-17(24-20(15)26)14(10-12-2-8-19(25)23-12)11-1-7-18(16(22)9-11)29(27,28)13-3-4-13;1-2-3-13-4-6-14(7-5-13)16(12-15-8-11-19(24)22-15)18-10-9-17(21)20(25)23-18;1-2-12-3-5-13(6-4-12)15(11-14-7-10-18(23)21-14)17-9-8-16(20)19(24)22-17;1-10-2-3-11(8-15(10)20)13(9-12-4-7-17(23)21-12)16-6-5-14(19)18(24)22-16/h3-4,6-7,10-11,14,16,18,20H,1-2,5,8-9,12-13H2,(H,24,26)(H,25,27);1,5-7,9,12-14H,2-4,8,10H2,(H,23,25)(H,24,26);4-7,9-10,15-16H,2-3,8,11-12H2,1H3,(H,22,24)(H,23,25);3-6,8-9,14-15H,2,7,10-11H2,1H3,(H,21,23)(H,22,24);2-3,5-6,8,12-13H,4,7,9H2,1H3,(H,21,23)(H,22,24)/t16-,20?;12-,14?;15-,16?;14-,15?;12-,13?/m11111/s1. The molecule has 3 saturated carbocycles. The number of nitrogens with one attached hydrogen (secondary N) is 10. The van der Waals surface area contributed by atoms with Crippen molar-refractivity contribution >= 4 is 119 Å². The molecule has 10 atom stereocenters. The molecule has 0 radical (unpaired) electrons. The van der Waals surface area contributed by atoms with Crippen LogP contribution in [0.1, 0.15) is 269 Å². The highest BCUT2D eigenvalue weighted by atomic mass is 35.5. The molecule has 18 rings (SSSR count). The van der Waals surface area contributed by atoms with Gasteiger partial charge in [0.2, 0.25) is 29.5 Å². The number of aromatic amines is 5. The van der Waals surface area contributed by atoms with Crippen molar-refractivity contribution in [2.45, 2.75) is 261 Å². The predicted molar refractivity (Wildman–Crippen MR) is 516 cm³/mol. The lowest BCUT2D eigenvalue weighted by atomic mass is 9.87. The Labute approximate surface area is 796 Å². The molecule has 3 aliphatic carbocycles. The minimum Gasteiger partial charge on any atom is -0.353 e. The second-order valence-electron chi connectivity index (χ2n) is 35.6. The quantitative estimate of drug-likeness (QED) is 0.0218. The zero-order valence-electron chi connectivity index (χ0n) is 73.4. The maximum absolute atomic E-state index is 12.6. The summed E-state index contributed by atoms with van der Waals surface area (Å²) in [6.45, 7) is 6.23. The minimum atomic E-state index is -3.41. The monoisotopic (exact) mass is 1950 g/mol. The van der Waals surface area contributed by atoms with Crippen molar-refractivity contribution < 1.29 is 40.8 Å². The third-order valence-corrected chi connectivity index (χ3v) is 32.5. The third-order valence-electron chi connectivity index (χ3n) is 25.9. The van der Waals surface area contributed by atoms with Crippen LogP contribution < -0.4 is 54.4 Å². The van der Waals surface area contributed by atoms with Gasteiger partial charge in [-0.1, -0.05) is 175 Å². The van der Waals surface area contributed by atoms with Crippen LogP contribution in [0.3, 0.4) is 0 Å². The van der Waals surface area contributed by atoms with E-state index in [1.807, 2.05) is 67.6 Å². The van der Waals surface area contributed by atoms with Gasteiger partial charge in [0, 0.05) is 131 Å². The molecular weight excluding hydrogens is 1840 g/mol. The van der Waals surface area contributed by atoms with Gasteiger partial charge in [-0.05, 0) is 258 Å². The van der Waals surface area contributed by atoms with Gasteiger partial charge in [-0.15, -0.1) is 0 Å². The molecule has 0 spiro atoms. The Kier molecular flexibility index (Phi) is 32.5. The number of pyridine rings is 5. The molecule has 32 heteroatoms. The number of aryl methyl sites for hydroxylation is 3. The Morgan fingerprint density at radius 1 is 0.311 bits per heavy atom. The molecule has 8 fully saturated rings. The van der Waals surface area contributed by atoms with Gasteiger partial charge in [-0.25, -0.2) is 16.8 Å². The highest BCUT2D eigenvalue weighted by Gasteiger charge is 2.41. The number of aromatic nitrogens is 5. The molecule has 0 bridgehead atoms. The SMILES string of the molecule is CCCc1ccc(C(C[C@H]2CCC(=O)N2)c2ccc(Cl)c(=O)[nH]2)cc1.CCc1ccc(C(C[C@H]2CCC(=O)N2)c2ccc(Cl)c(=O)[nH]2)cc1.Cc1ccc(C(C[C@H]2CCC(=O)N2)c2ccc(Cl)c(=O)[nH]2)cc1Cl.O=C1CC[C@H](CC(c2ccc(S(=O)(=O)C3CC3)c(Cl)c2)c2ccc(Cl)c(=O)[nH]2)N1.O=C1CC[C@H](CC(c2ccc(S(=O)(=O)C3CC3)cc2)c2ccc(C3CC3)c(=O)[nH]2)N1. The van der Waals surface area contributed by atoms with Gasteiger partial charge in [0.05, 0.1) is 25.3 Å². The molecule has 132 heavy (non-hydrogen) atoms. The normalized spacial score (nSPS) is 19.8. The van der Waals surface area contributed by atoms with Crippen LogP contribution in [0.2, 0.25) is 30.1 Å². The number of benzene rings is 5. The van der Waals surface area contributed by atoms with Gasteiger partial charge in [-0.3, -0.25) is 47.9 Å². The lowest BCUT2D eigenvalue weighted by molar-refractivity contribution is -0.120. The molecule has 5 amide bonds. The topological polar surface area (TPSA) is 378 Å². The van der Waals surface area contributed by atoms with Crippen LogP contribution in [0, 0.1) is 6.92 Å². The van der Waals surface area contributed by atoms with Crippen LogP contribution in [-0.2, 0) is 56.5 Å². The van der Waals surface area contributed by atoms with Gasteiger partial charge in [0.15, 0.2) is 19.7 Å². The summed E-state index contributed by atoms with van der Waals surface area (Å²) in [7, 11) is -6.64. The maximum Gasteiger partial charge on any atom is 0.266 e. The summed E-state index contributed by atoms with van der Waals surface area (Å²) < 4.78 is 50.2. The van der Waals surface area contributed by atoms with Gasteiger partial charge in [-0.2, -0.15) is 0 Å². The summed E-state index contributed by atoms with van der Waals surface area (Å²) in [5.41, 5.74) is 12.0. The van der Waals surface area contributed by atoms with E-state index in [9.17, 15) is 64.8 Å². The summed E-state index contributed by atoms with van der Waals surface area (Å²) in [4.78, 5) is 133. The van der Waals surface area contributed by atoms with Crippen molar-refractivity contribution in [2.75, 3.05) is 0 Å². The van der Waals surface area contributed by atoms with E-state index in [-0.39, 0.29) is 152 Å². The van der Waals surface area contributed by atoms with Crippen molar-refractivity contribution in [1.29, 1.82) is 0 Å². The number of halogens is 6. The molecule has 5 aromatic heterocycles. The first-order chi connectivity index (χ1) is 63.2. The first-order valence-corrected chi connectivity index (χ1v) is 50.7. The van der Waals surface area contributed by atoms with E-state index in [4.69, 9.17) is 69.6 Å². The number of amides is 5. The Hall–Kier alpha value is -10.2. The fraction of sp³-hybridized carbons (Fsp3) is 0.400. The first kappa shape index (κ1) is 97.9. The average Bonchev–Trinajstić information content (AvgIpc) is 1.60. The summed E-state index contributed by atoms with van der Waals surface area (Å²) in [5, 5.41) is 15.9. The van der Waals surface area contributed by atoms with E-state index in [0.717, 1.165) is 145 Å². The first-order valence-electron chi connectivity index (χ1n) is 45.3. The summed E-state index contributed by atoms with van der Waals surface area (Å²) in [5.74, 6) is 0.281. The smallest absolute Gasteiger partial charge is 0.266 e. The number of H-pyrrole nitrogens is 5. The van der Waals surface area contributed by atoms with Crippen LogP contribution in [0.25, 0.3) is 0 Å². The van der Waals surface area contributed by atoms with Crippen molar-refractivity contribution in [1.82, 2.24) is 51.5 Å². The molecule has 696 valence electrons. The Morgan fingerprint density at radius 3 is 0.909 bits per heavy atom. The van der Waals surface area contributed by atoms with E-state index in [0.29, 0.717) is 92.2 Å². The molecule has 10 heterocycles. The van der Waals surface area contributed by atoms with Gasteiger partial charge >= 0.3 is 0 Å². The average molecular weight is 1950 g/mol. The zero-order chi connectivity index (χ0) is 93.8. The Bertz CT molecular complexity index is 6460. The molecule has 5 aromatic carbocycles. The van der Waals surface area contributed by atoms with Crippen molar-refractivity contribution in [3.8, 4) is 0 Å². The second kappa shape index (κ2) is 43.9. The lowest BCUT2D eigenvalue weighted by Gasteiger charge is -2.22. The summed E-state index contributed by atoms with van der Waals surface area (Å²) in [6.07, 6.45) is 18.1. The lowest BCUT2D eigenvalue weighted by Crippen LogP contribution is -2.28. The summed E-state index contributed by atoms with van der Waals surface area (Å²) in [6, 6.07) is 52.8. The number of sulfone groups is 2. The van der Waals surface area contributed by atoms with E-state index in [2.05, 4.69) is 114 Å². The van der Waals surface area contributed by atoms with Crippen LogP contribution in [0.4, 0.5) is 0 Å². The molecule has 5 unspecified atom stereocenters. The fourth-order valence-corrected chi connectivity index (χ4v) is 22.5. The molecular formula is C100H108Cl6N10O14S2. The largest absolute Gasteiger partial charge is 0.353 e. The molecule has 5 aliphatic heterocycles. The number of carbonyl (C=O) groups excluding carboxylic acids is 5. The van der Waals surface area contributed by atoms with Crippen molar-refractivity contribution in [2.24, 2.45) is 0 Å². The number of rotatable bonds is 28. The van der Waals surface area contributed by atoms with Crippen LogP contribution in [0.5, 0.6) is 0 Å². The molecule has 24 nitrogen and oxygen atoms in total. The highest BCUT2D eigenvalue weighted by Crippen LogP contribution is 2.43. The molecule has 10 aromatic rings. The van der Waals surface area contributed by atoms with Crippen molar-refractivity contribution in [3.05, 3.63) is 330 Å². The maximum atomic E-state index is 12.6. The highest BCUT2D eigenvalue weighted by molar-refractivity contribution is 7.92. The molecule has 5 saturated heterocycles. The van der Waals surface area contributed by atoms with Crippen LogP contribution in [0.15, 0.2) is 204 Å². The summed E-state index contributed by atoms with van der Waals surface area (Å²) >= 11 is 36.1. The van der Waals surface area contributed by atoms with E-state index in [1.54, 1.807) is 54.6 Å². The zero-order valence-corrected chi connectivity index (χ0v) is 79.6. The van der Waals surface area contributed by atoms with Gasteiger partial charge in [0.1, 0.15) is 20.1 Å². The van der Waals surface area contributed by atoms with E-state index in [1.165, 1.54) is 17.2 Å². The Morgan fingerprint density at radius 2 is 0.614 bits per heavy atom. The van der Waals surface area contributed by atoms with E-state index < -0.39 is 25.2 Å². The number of carbonyl (C=O) groups is 5. The number of hydrogen-bond donors (Lipinski definition) is 10. The van der Waals surface area contributed by atoms with Gasteiger partial charge in [0.25, 0.3) is 27.8 Å². The second-order valence-corrected chi connectivity index (χ2v) is 42.5. The Balaban J connectivity index is 0.000000133. The van der Waals surface area contributed by atoms with Crippen LogP contribution >= 0.6 is 69.6 Å². The fourth-order valence-electron chi connectivity index (χ4n) is 18.0. The van der Waals surface area contributed by atoms with Crippen LogP contribution in [-0.4, -0.2) is 112 Å². The van der Waals surface area contributed by atoms with Gasteiger partial charge < -0.3 is 51.5 Å². The van der Waals surface area contributed by atoms with Crippen molar-refractivity contribution in [3.63, 3.8) is 0 Å². The number of hydrogen-bond acceptors (Lipinski definition) is 14. The third kappa shape index (κ3) is 25.5. The minimum absolute atomic E-state index is 0.00209. The van der Waals surface area contributed by atoms with E-state index >= 15 is 0 Å². The predicted octanol–water partition coefficient (Wildman–Crippen LogP) is 17.4.